The molecule has 14 heavy (non-hydrogen) atoms. The zero-order chi connectivity index (χ0) is 10.9. The van der Waals surface area contributed by atoms with Gasteiger partial charge in [-0.25, -0.2) is 0 Å². The maximum Gasteiger partial charge on any atom is 0.0156 e. The molecule has 1 aliphatic rings. The monoisotopic (exact) mass is 197 g/mol. The van der Waals surface area contributed by atoms with Gasteiger partial charge in [0.25, 0.3) is 0 Å². The molecule has 0 N–H and O–H groups in total. The fourth-order valence-electron chi connectivity index (χ4n) is 2.73. The fraction of sp³-hybridized carbons (Fsp3) is 1.00. The third-order valence-electron chi connectivity index (χ3n) is 3.90. The molecule has 0 saturated carbocycles. The van der Waals surface area contributed by atoms with E-state index in [0.29, 0.717) is 11.6 Å². The molecule has 1 nitrogen and oxygen atoms in total. The average molecular weight is 197 g/mol. The molecule has 0 spiro atoms. The van der Waals surface area contributed by atoms with Crippen LogP contribution in [0.15, 0.2) is 0 Å². The Morgan fingerprint density at radius 3 is 2.14 bits per heavy atom. The van der Waals surface area contributed by atoms with Gasteiger partial charge in [0.05, 0.1) is 0 Å². The maximum atomic E-state index is 2.68. The van der Waals surface area contributed by atoms with Crippen LogP contribution in [0.1, 0.15) is 54.4 Å². The molecule has 1 aliphatic heterocycles. The van der Waals surface area contributed by atoms with Crippen molar-refractivity contribution in [3.8, 4) is 0 Å². The third-order valence-corrected chi connectivity index (χ3v) is 3.90. The summed E-state index contributed by atoms with van der Waals surface area (Å²) >= 11 is 0. The summed E-state index contributed by atoms with van der Waals surface area (Å²) in [5, 5.41) is 0. The summed E-state index contributed by atoms with van der Waals surface area (Å²) in [6, 6.07) is 0.687. The minimum atomic E-state index is 0.416. The molecule has 0 aromatic rings. The van der Waals surface area contributed by atoms with Crippen molar-refractivity contribution in [1.82, 2.24) is 4.90 Å². The van der Waals surface area contributed by atoms with Crippen LogP contribution in [0.5, 0.6) is 0 Å². The molecule has 0 aromatic heterocycles. The zero-order valence-corrected chi connectivity index (χ0v) is 10.8. The highest BCUT2D eigenvalue weighted by atomic mass is 15.2. The van der Waals surface area contributed by atoms with Crippen molar-refractivity contribution in [2.45, 2.75) is 66.0 Å². The van der Waals surface area contributed by atoms with Crippen molar-refractivity contribution in [2.75, 3.05) is 6.54 Å². The summed E-state index contributed by atoms with van der Waals surface area (Å²) < 4.78 is 0. The molecule has 1 unspecified atom stereocenters. The number of hydrogen-bond donors (Lipinski definition) is 0. The van der Waals surface area contributed by atoms with Gasteiger partial charge in [-0.2, -0.15) is 0 Å². The Morgan fingerprint density at radius 2 is 1.71 bits per heavy atom. The Morgan fingerprint density at radius 1 is 1.14 bits per heavy atom. The van der Waals surface area contributed by atoms with E-state index < -0.39 is 0 Å². The van der Waals surface area contributed by atoms with E-state index in [1.165, 1.54) is 19.4 Å². The predicted molar refractivity (Wildman–Crippen MR) is 63.5 cm³/mol. The van der Waals surface area contributed by atoms with Gasteiger partial charge in [-0.15, -0.1) is 0 Å². The third kappa shape index (κ3) is 2.50. The van der Waals surface area contributed by atoms with Crippen LogP contribution < -0.4 is 0 Å². The molecule has 0 aromatic carbocycles. The van der Waals surface area contributed by atoms with Crippen LogP contribution in [0.25, 0.3) is 0 Å². The van der Waals surface area contributed by atoms with Gasteiger partial charge in [0, 0.05) is 18.1 Å². The van der Waals surface area contributed by atoms with Crippen molar-refractivity contribution in [3.63, 3.8) is 0 Å². The van der Waals surface area contributed by atoms with Gasteiger partial charge in [0.1, 0.15) is 0 Å². The van der Waals surface area contributed by atoms with E-state index in [-0.39, 0.29) is 0 Å². The predicted octanol–water partition coefficient (Wildman–Crippen LogP) is 3.54. The van der Waals surface area contributed by atoms with Crippen LogP contribution in [0.2, 0.25) is 0 Å². The van der Waals surface area contributed by atoms with Gasteiger partial charge >= 0.3 is 0 Å². The molecule has 84 valence electrons. The molecular weight excluding hydrogens is 170 g/mol. The first-order valence-electron chi connectivity index (χ1n) is 6.11. The van der Waals surface area contributed by atoms with Crippen molar-refractivity contribution in [1.29, 1.82) is 0 Å². The van der Waals surface area contributed by atoms with E-state index in [0.717, 1.165) is 11.8 Å². The first kappa shape index (κ1) is 12.0. The highest BCUT2D eigenvalue weighted by Crippen LogP contribution is 2.34. The number of nitrogens with zero attached hydrogens (tertiary/aromatic N) is 1. The Bertz CT molecular complexity index is 182. The topological polar surface area (TPSA) is 3.24 Å². The highest BCUT2D eigenvalue weighted by molar-refractivity contribution is 4.91. The van der Waals surface area contributed by atoms with Crippen molar-refractivity contribution < 1.29 is 0 Å². The molecular formula is C13H27N. The van der Waals surface area contributed by atoms with Crippen molar-refractivity contribution >= 4 is 0 Å². The van der Waals surface area contributed by atoms with Gasteiger partial charge in [-0.1, -0.05) is 13.8 Å². The minimum Gasteiger partial charge on any atom is -0.296 e. The minimum absolute atomic E-state index is 0.416. The van der Waals surface area contributed by atoms with E-state index in [1.54, 1.807) is 0 Å². The molecule has 0 aliphatic carbocycles. The van der Waals surface area contributed by atoms with Gasteiger partial charge in [-0.3, -0.25) is 4.90 Å². The standard InChI is InChI=1S/C13H27N/c1-10(2)12-7-8-13(5,6)14(9-12)11(3)4/h10-12H,7-9H2,1-6H3. The Kier molecular flexibility index (Phi) is 3.63. The summed E-state index contributed by atoms with van der Waals surface area (Å²) in [5.41, 5.74) is 0.416. The second kappa shape index (κ2) is 4.22. The van der Waals surface area contributed by atoms with Crippen LogP contribution in [0.4, 0.5) is 0 Å². The lowest BCUT2D eigenvalue weighted by atomic mass is 9.79. The normalized spacial score (nSPS) is 28.7. The lowest BCUT2D eigenvalue weighted by Gasteiger charge is -2.49. The quantitative estimate of drug-likeness (QED) is 0.654. The molecule has 0 radical (unpaired) electrons. The fourth-order valence-corrected chi connectivity index (χ4v) is 2.73. The average Bonchev–Trinajstić information content (AvgIpc) is 2.02. The Hall–Kier alpha value is -0.0400. The largest absolute Gasteiger partial charge is 0.296 e. The van der Waals surface area contributed by atoms with Crippen LogP contribution in [-0.2, 0) is 0 Å². The number of hydrogen-bond acceptors (Lipinski definition) is 1. The van der Waals surface area contributed by atoms with Crippen LogP contribution in [-0.4, -0.2) is 23.0 Å². The first-order chi connectivity index (χ1) is 6.34. The number of rotatable bonds is 2. The molecule has 0 amide bonds. The second-order valence-electron chi connectivity index (χ2n) is 6.10. The van der Waals surface area contributed by atoms with Crippen molar-refractivity contribution in [3.05, 3.63) is 0 Å². The molecule has 0 bridgehead atoms. The van der Waals surface area contributed by atoms with E-state index >= 15 is 0 Å². The number of piperidine rings is 1. The van der Waals surface area contributed by atoms with Crippen LogP contribution in [0, 0.1) is 11.8 Å². The summed E-state index contributed by atoms with van der Waals surface area (Å²) in [6.45, 7) is 15.5. The number of likely N-dealkylation sites (tertiary alicyclic amines) is 1. The van der Waals surface area contributed by atoms with Gasteiger partial charge in [0.15, 0.2) is 0 Å². The second-order valence-corrected chi connectivity index (χ2v) is 6.10. The van der Waals surface area contributed by atoms with E-state index in [9.17, 15) is 0 Å². The molecule has 1 atom stereocenters. The van der Waals surface area contributed by atoms with E-state index in [2.05, 4.69) is 46.4 Å². The van der Waals surface area contributed by atoms with Gasteiger partial charge < -0.3 is 0 Å². The van der Waals surface area contributed by atoms with Gasteiger partial charge in [0.2, 0.25) is 0 Å². The lowest BCUT2D eigenvalue weighted by Crippen LogP contribution is -2.54. The summed E-state index contributed by atoms with van der Waals surface area (Å²) in [6.07, 6.45) is 2.77. The molecule has 1 saturated heterocycles. The Labute approximate surface area is 89.9 Å². The molecule has 1 heteroatoms. The molecule has 1 heterocycles. The maximum absolute atomic E-state index is 2.68. The van der Waals surface area contributed by atoms with Crippen LogP contribution in [0.3, 0.4) is 0 Å². The first-order valence-corrected chi connectivity index (χ1v) is 6.11. The SMILES string of the molecule is CC(C)C1CCC(C)(C)N(C(C)C)C1. The molecule has 1 rings (SSSR count). The summed E-state index contributed by atoms with van der Waals surface area (Å²) in [4.78, 5) is 2.68. The van der Waals surface area contributed by atoms with Crippen LogP contribution >= 0.6 is 0 Å². The zero-order valence-electron chi connectivity index (χ0n) is 10.8. The van der Waals surface area contributed by atoms with Crippen molar-refractivity contribution in [2.24, 2.45) is 11.8 Å². The molecule has 1 fully saturated rings. The van der Waals surface area contributed by atoms with E-state index in [4.69, 9.17) is 0 Å². The summed E-state index contributed by atoms with van der Waals surface area (Å²) in [7, 11) is 0. The Balaban J connectivity index is 2.68. The smallest absolute Gasteiger partial charge is 0.0156 e. The summed E-state index contributed by atoms with van der Waals surface area (Å²) in [5.74, 6) is 1.75. The van der Waals surface area contributed by atoms with E-state index in [1.807, 2.05) is 0 Å². The van der Waals surface area contributed by atoms with Gasteiger partial charge in [-0.05, 0) is 52.4 Å². The lowest BCUT2D eigenvalue weighted by molar-refractivity contribution is 0.00691. The highest BCUT2D eigenvalue weighted by Gasteiger charge is 2.36.